The van der Waals surface area contributed by atoms with Crippen molar-refractivity contribution in [1.82, 2.24) is 0 Å². The molecule has 0 aliphatic carbocycles. The molecule has 118 valence electrons. The van der Waals surface area contributed by atoms with E-state index in [1.54, 1.807) is 0 Å². The molecular formula is C22H18BrN. The molecule has 0 spiro atoms. The van der Waals surface area contributed by atoms with Crippen LogP contribution >= 0.6 is 15.9 Å². The highest BCUT2D eigenvalue weighted by molar-refractivity contribution is 9.10. The van der Waals surface area contributed by atoms with Crippen LogP contribution in [0.25, 0.3) is 5.57 Å². The minimum absolute atomic E-state index is 0.939. The Hall–Kier alpha value is -2.45. The molecule has 2 heteroatoms. The number of nitrogens with zero attached hydrogens (tertiary/aromatic N) is 1. The lowest BCUT2D eigenvalue weighted by molar-refractivity contribution is 1.48. The van der Waals surface area contributed by atoms with Gasteiger partial charge >= 0.3 is 0 Å². The van der Waals surface area contributed by atoms with E-state index in [1.807, 2.05) is 48.5 Å². The molecule has 0 radical (unpaired) electrons. The van der Waals surface area contributed by atoms with Gasteiger partial charge in [0.15, 0.2) is 0 Å². The first-order valence-electron chi connectivity index (χ1n) is 7.86. The first kappa shape index (κ1) is 16.4. The first-order valence-corrected chi connectivity index (χ1v) is 8.65. The number of benzene rings is 3. The summed E-state index contributed by atoms with van der Waals surface area (Å²) in [5.74, 6) is 0. The summed E-state index contributed by atoms with van der Waals surface area (Å²) in [5.41, 5.74) is 5.40. The molecule has 0 atom stereocenters. The van der Waals surface area contributed by atoms with Gasteiger partial charge in [0.25, 0.3) is 0 Å². The van der Waals surface area contributed by atoms with Crippen LogP contribution in [0, 0.1) is 0 Å². The number of allylic oxidation sites excluding steroid dienone is 2. The second-order valence-corrected chi connectivity index (χ2v) is 6.45. The smallest absolute Gasteiger partial charge is 0.0712 e. The maximum absolute atomic E-state index is 4.85. The highest BCUT2D eigenvalue weighted by Gasteiger charge is 2.03. The molecule has 0 heterocycles. The van der Waals surface area contributed by atoms with Gasteiger partial charge in [0.1, 0.15) is 0 Å². The van der Waals surface area contributed by atoms with Crippen molar-refractivity contribution in [1.29, 1.82) is 0 Å². The van der Waals surface area contributed by atoms with E-state index in [1.165, 1.54) is 11.1 Å². The largest absolute Gasteiger partial charge is 0.248 e. The molecule has 0 N–H and O–H groups in total. The molecule has 1 nitrogen and oxygen atoms in total. The molecule has 3 aromatic rings. The Bertz CT molecular complexity index is 847. The van der Waals surface area contributed by atoms with Gasteiger partial charge in [-0.3, -0.25) is 0 Å². The Morgan fingerprint density at radius 1 is 0.750 bits per heavy atom. The molecule has 0 saturated carbocycles. The van der Waals surface area contributed by atoms with Crippen LogP contribution in [0.2, 0.25) is 0 Å². The molecule has 3 aromatic carbocycles. The fraction of sp³-hybridized carbons (Fsp3) is 0.0455. The first-order chi connectivity index (χ1) is 11.7. The van der Waals surface area contributed by atoms with Crippen LogP contribution in [0.3, 0.4) is 0 Å². The van der Waals surface area contributed by atoms with Gasteiger partial charge in [-0.1, -0.05) is 76.6 Å². The summed E-state index contributed by atoms with van der Waals surface area (Å²) in [6.07, 6.45) is 2.15. The Morgan fingerprint density at radius 2 is 1.29 bits per heavy atom. The Morgan fingerprint density at radius 3 is 1.88 bits per heavy atom. The number of hydrogen-bond acceptors (Lipinski definition) is 1. The van der Waals surface area contributed by atoms with Crippen LogP contribution in [0.1, 0.15) is 18.1 Å². The fourth-order valence-corrected chi connectivity index (χ4v) is 2.70. The minimum atomic E-state index is 0.939. The van der Waals surface area contributed by atoms with Crippen LogP contribution in [0.15, 0.2) is 100 Å². The highest BCUT2D eigenvalue weighted by atomic mass is 79.9. The van der Waals surface area contributed by atoms with E-state index in [4.69, 9.17) is 4.99 Å². The van der Waals surface area contributed by atoms with Crippen LogP contribution in [0.5, 0.6) is 0 Å². The third-order valence-electron chi connectivity index (χ3n) is 3.73. The van der Waals surface area contributed by atoms with Crippen molar-refractivity contribution >= 4 is 32.9 Å². The second-order valence-electron chi connectivity index (χ2n) is 5.53. The average molecular weight is 376 g/mol. The normalized spacial score (nSPS) is 12.2. The predicted octanol–water partition coefficient (Wildman–Crippen LogP) is 6.67. The van der Waals surface area contributed by atoms with Crippen LogP contribution in [-0.4, -0.2) is 5.71 Å². The number of halogens is 1. The van der Waals surface area contributed by atoms with Gasteiger partial charge in [0, 0.05) is 10.0 Å². The van der Waals surface area contributed by atoms with E-state index in [0.717, 1.165) is 21.4 Å². The molecule has 3 rings (SSSR count). The third-order valence-corrected chi connectivity index (χ3v) is 4.26. The van der Waals surface area contributed by atoms with Crippen molar-refractivity contribution in [3.05, 3.63) is 107 Å². The lowest BCUT2D eigenvalue weighted by atomic mass is 10.0. The summed E-state index contributed by atoms with van der Waals surface area (Å²) in [6, 6.07) is 28.7. The summed E-state index contributed by atoms with van der Waals surface area (Å²) < 4.78 is 1.05. The van der Waals surface area contributed by atoms with Crippen molar-refractivity contribution in [2.75, 3.05) is 0 Å². The fourth-order valence-electron chi connectivity index (χ4n) is 2.43. The molecule has 0 fully saturated rings. The van der Waals surface area contributed by atoms with Crippen molar-refractivity contribution < 1.29 is 0 Å². The zero-order valence-electron chi connectivity index (χ0n) is 13.5. The Balaban J connectivity index is 2.04. The SMILES string of the molecule is C/C(=C/C(=Nc1ccc(Br)cc1)c1ccccc1)c1ccccc1. The molecule has 0 saturated heterocycles. The lowest BCUT2D eigenvalue weighted by Crippen LogP contribution is -1.97. The number of hydrogen-bond donors (Lipinski definition) is 0. The van der Waals surface area contributed by atoms with Crippen molar-refractivity contribution in [2.24, 2.45) is 4.99 Å². The standard InChI is InChI=1S/C22H18BrN/c1-17(18-8-4-2-5-9-18)16-22(19-10-6-3-7-11-19)24-21-14-12-20(23)13-15-21/h2-16H,1H3/b17-16-,24-22?. The zero-order chi connectivity index (χ0) is 16.8. The van der Waals surface area contributed by atoms with Crippen molar-refractivity contribution in [3.8, 4) is 0 Å². The molecule has 0 aliphatic rings. The van der Waals surface area contributed by atoms with E-state index < -0.39 is 0 Å². The van der Waals surface area contributed by atoms with Gasteiger partial charge in [-0.25, -0.2) is 4.99 Å². The highest BCUT2D eigenvalue weighted by Crippen LogP contribution is 2.20. The molecule has 0 amide bonds. The lowest BCUT2D eigenvalue weighted by Gasteiger charge is -2.06. The summed E-state index contributed by atoms with van der Waals surface area (Å²) in [5, 5.41) is 0. The number of aliphatic imine (C=N–C) groups is 1. The van der Waals surface area contributed by atoms with E-state index in [2.05, 4.69) is 65.3 Å². The molecule has 0 unspecified atom stereocenters. The second kappa shape index (κ2) is 7.89. The summed E-state index contributed by atoms with van der Waals surface area (Å²) in [6.45, 7) is 2.12. The van der Waals surface area contributed by atoms with Crippen molar-refractivity contribution in [3.63, 3.8) is 0 Å². The molecule has 24 heavy (non-hydrogen) atoms. The van der Waals surface area contributed by atoms with E-state index in [9.17, 15) is 0 Å². The number of rotatable bonds is 4. The van der Waals surface area contributed by atoms with Crippen molar-refractivity contribution in [2.45, 2.75) is 6.92 Å². The van der Waals surface area contributed by atoms with Gasteiger partial charge < -0.3 is 0 Å². The summed E-state index contributed by atoms with van der Waals surface area (Å²) >= 11 is 3.47. The van der Waals surface area contributed by atoms with Crippen LogP contribution in [-0.2, 0) is 0 Å². The minimum Gasteiger partial charge on any atom is -0.248 e. The maximum atomic E-state index is 4.85. The van der Waals surface area contributed by atoms with Crippen LogP contribution < -0.4 is 0 Å². The summed E-state index contributed by atoms with van der Waals surface area (Å²) in [7, 11) is 0. The van der Waals surface area contributed by atoms with Gasteiger partial charge in [-0.05, 0) is 48.4 Å². The third kappa shape index (κ3) is 4.30. The molecular weight excluding hydrogens is 358 g/mol. The van der Waals surface area contributed by atoms with E-state index >= 15 is 0 Å². The van der Waals surface area contributed by atoms with Gasteiger partial charge in [0.05, 0.1) is 11.4 Å². The van der Waals surface area contributed by atoms with E-state index in [-0.39, 0.29) is 0 Å². The van der Waals surface area contributed by atoms with E-state index in [0.29, 0.717) is 0 Å². The van der Waals surface area contributed by atoms with Crippen LogP contribution in [0.4, 0.5) is 5.69 Å². The van der Waals surface area contributed by atoms with Gasteiger partial charge in [0.2, 0.25) is 0 Å². The maximum Gasteiger partial charge on any atom is 0.0712 e. The predicted molar refractivity (Wildman–Crippen MR) is 107 cm³/mol. The van der Waals surface area contributed by atoms with Gasteiger partial charge in [-0.15, -0.1) is 0 Å². The van der Waals surface area contributed by atoms with Gasteiger partial charge in [-0.2, -0.15) is 0 Å². The average Bonchev–Trinajstić information content (AvgIpc) is 2.64. The molecule has 0 bridgehead atoms. The Labute approximate surface area is 151 Å². The topological polar surface area (TPSA) is 12.4 Å². The quantitative estimate of drug-likeness (QED) is 0.451. The summed E-state index contributed by atoms with van der Waals surface area (Å²) in [4.78, 5) is 4.85. The zero-order valence-corrected chi connectivity index (χ0v) is 15.1. The monoisotopic (exact) mass is 375 g/mol. The Kier molecular flexibility index (Phi) is 5.39. The molecule has 0 aliphatic heterocycles. The molecule has 0 aromatic heterocycles.